The van der Waals surface area contributed by atoms with Crippen LogP contribution in [0.4, 0.5) is 0 Å². The molecular formula is C24H33N3O. The van der Waals surface area contributed by atoms with Gasteiger partial charge in [-0.25, -0.2) is 0 Å². The Bertz CT molecular complexity index is 761. The van der Waals surface area contributed by atoms with E-state index >= 15 is 0 Å². The van der Waals surface area contributed by atoms with E-state index in [2.05, 4.69) is 35.3 Å². The Morgan fingerprint density at radius 3 is 2.50 bits per heavy atom. The predicted octanol–water partition coefficient (Wildman–Crippen LogP) is 4.01. The highest BCUT2D eigenvalue weighted by Crippen LogP contribution is 2.22. The molecule has 2 aromatic carbocycles. The second-order valence-electron chi connectivity index (χ2n) is 8.03. The summed E-state index contributed by atoms with van der Waals surface area (Å²) in [5.74, 6) is -0.283. The number of rotatable bonds is 7. The van der Waals surface area contributed by atoms with E-state index in [9.17, 15) is 4.79 Å². The van der Waals surface area contributed by atoms with Crippen molar-refractivity contribution in [3.05, 3.63) is 71.3 Å². The van der Waals surface area contributed by atoms with Crippen molar-refractivity contribution in [2.75, 3.05) is 6.54 Å². The fraction of sp³-hybridized carbons (Fsp3) is 0.458. The molecule has 0 aromatic heterocycles. The molecule has 2 aromatic rings. The van der Waals surface area contributed by atoms with Gasteiger partial charge in [-0.2, -0.15) is 0 Å². The SMILES string of the molecule is CC(C(=O)NCc1ccccc1CN1CCCCC1C)C(N)c1ccccc1. The van der Waals surface area contributed by atoms with Crippen LogP contribution in [0, 0.1) is 5.92 Å². The number of nitrogens with two attached hydrogens (primary N) is 1. The molecule has 150 valence electrons. The smallest absolute Gasteiger partial charge is 0.225 e. The van der Waals surface area contributed by atoms with Gasteiger partial charge in [-0.15, -0.1) is 0 Å². The Labute approximate surface area is 169 Å². The highest BCUT2D eigenvalue weighted by atomic mass is 16.1. The zero-order chi connectivity index (χ0) is 19.9. The summed E-state index contributed by atoms with van der Waals surface area (Å²) < 4.78 is 0. The number of benzene rings is 2. The molecule has 1 aliphatic rings. The topological polar surface area (TPSA) is 58.4 Å². The van der Waals surface area contributed by atoms with Gasteiger partial charge in [-0.1, -0.05) is 67.9 Å². The van der Waals surface area contributed by atoms with Gasteiger partial charge in [0, 0.05) is 25.2 Å². The number of carbonyl (C=O) groups is 1. The summed E-state index contributed by atoms with van der Waals surface area (Å²) in [6.07, 6.45) is 3.88. The number of hydrogen-bond donors (Lipinski definition) is 2. The first kappa shape index (κ1) is 20.6. The number of carbonyl (C=O) groups excluding carboxylic acids is 1. The van der Waals surface area contributed by atoms with Gasteiger partial charge >= 0.3 is 0 Å². The minimum Gasteiger partial charge on any atom is -0.352 e. The van der Waals surface area contributed by atoms with Crippen molar-refractivity contribution < 1.29 is 4.79 Å². The van der Waals surface area contributed by atoms with Crippen LogP contribution in [-0.4, -0.2) is 23.4 Å². The van der Waals surface area contributed by atoms with E-state index in [0.717, 1.165) is 18.7 Å². The summed E-state index contributed by atoms with van der Waals surface area (Å²) in [6.45, 7) is 6.87. The van der Waals surface area contributed by atoms with Crippen LogP contribution in [0.3, 0.4) is 0 Å². The Morgan fingerprint density at radius 1 is 1.11 bits per heavy atom. The number of amides is 1. The minimum atomic E-state index is -0.300. The lowest BCUT2D eigenvalue weighted by atomic mass is 9.94. The van der Waals surface area contributed by atoms with E-state index in [1.54, 1.807) is 0 Å². The molecule has 4 heteroatoms. The third-order valence-corrected chi connectivity index (χ3v) is 6.02. The van der Waals surface area contributed by atoms with Gasteiger partial charge in [0.1, 0.15) is 0 Å². The van der Waals surface area contributed by atoms with E-state index in [1.807, 2.05) is 43.3 Å². The maximum Gasteiger partial charge on any atom is 0.225 e. The molecule has 3 atom stereocenters. The molecule has 0 aliphatic carbocycles. The lowest BCUT2D eigenvalue weighted by Crippen LogP contribution is -2.37. The van der Waals surface area contributed by atoms with Crippen molar-refractivity contribution in [2.24, 2.45) is 11.7 Å². The van der Waals surface area contributed by atoms with Gasteiger partial charge in [0.2, 0.25) is 5.91 Å². The Hall–Kier alpha value is -2.17. The van der Waals surface area contributed by atoms with Gasteiger partial charge in [-0.05, 0) is 43.0 Å². The van der Waals surface area contributed by atoms with Crippen LogP contribution in [0.25, 0.3) is 0 Å². The van der Waals surface area contributed by atoms with Gasteiger partial charge in [-0.3, -0.25) is 9.69 Å². The molecule has 1 saturated heterocycles. The van der Waals surface area contributed by atoms with E-state index in [1.165, 1.54) is 30.4 Å². The van der Waals surface area contributed by atoms with Gasteiger partial charge in [0.15, 0.2) is 0 Å². The van der Waals surface area contributed by atoms with Crippen molar-refractivity contribution >= 4 is 5.91 Å². The molecule has 0 saturated carbocycles. The first-order valence-electron chi connectivity index (χ1n) is 10.5. The molecule has 3 unspecified atom stereocenters. The van der Waals surface area contributed by atoms with Crippen LogP contribution in [-0.2, 0) is 17.9 Å². The second-order valence-corrected chi connectivity index (χ2v) is 8.03. The average Bonchev–Trinajstić information content (AvgIpc) is 2.74. The zero-order valence-corrected chi connectivity index (χ0v) is 17.1. The molecule has 4 nitrogen and oxygen atoms in total. The van der Waals surface area contributed by atoms with Crippen LogP contribution in [0.5, 0.6) is 0 Å². The van der Waals surface area contributed by atoms with E-state index in [-0.39, 0.29) is 17.9 Å². The predicted molar refractivity (Wildman–Crippen MR) is 115 cm³/mol. The summed E-state index contributed by atoms with van der Waals surface area (Å²) >= 11 is 0. The van der Waals surface area contributed by atoms with Gasteiger partial charge < -0.3 is 11.1 Å². The number of hydrogen-bond acceptors (Lipinski definition) is 3. The van der Waals surface area contributed by atoms with Crippen LogP contribution in [0.1, 0.15) is 55.8 Å². The Balaban J connectivity index is 1.60. The third kappa shape index (κ3) is 5.21. The Kier molecular flexibility index (Phi) is 7.24. The Morgan fingerprint density at radius 2 is 1.79 bits per heavy atom. The van der Waals surface area contributed by atoms with Gasteiger partial charge in [0.25, 0.3) is 0 Å². The minimum absolute atomic E-state index is 0.00232. The fourth-order valence-corrected chi connectivity index (χ4v) is 3.97. The first-order chi connectivity index (χ1) is 13.6. The quantitative estimate of drug-likeness (QED) is 0.764. The van der Waals surface area contributed by atoms with Crippen LogP contribution < -0.4 is 11.1 Å². The summed E-state index contributed by atoms with van der Waals surface area (Å²) in [7, 11) is 0. The molecule has 28 heavy (non-hydrogen) atoms. The van der Waals surface area contributed by atoms with Crippen molar-refractivity contribution in [2.45, 2.75) is 58.3 Å². The van der Waals surface area contributed by atoms with E-state index in [4.69, 9.17) is 5.73 Å². The highest BCUT2D eigenvalue weighted by Gasteiger charge is 2.23. The summed E-state index contributed by atoms with van der Waals surface area (Å²) in [5.41, 5.74) is 9.79. The maximum absolute atomic E-state index is 12.7. The molecular weight excluding hydrogens is 346 g/mol. The largest absolute Gasteiger partial charge is 0.352 e. The normalized spacial score (nSPS) is 19.8. The number of nitrogens with one attached hydrogen (secondary N) is 1. The lowest BCUT2D eigenvalue weighted by Gasteiger charge is -2.33. The molecule has 3 rings (SSSR count). The maximum atomic E-state index is 12.7. The van der Waals surface area contributed by atoms with Crippen LogP contribution >= 0.6 is 0 Å². The van der Waals surface area contributed by atoms with Crippen LogP contribution in [0.15, 0.2) is 54.6 Å². The van der Waals surface area contributed by atoms with E-state index in [0.29, 0.717) is 12.6 Å². The van der Waals surface area contributed by atoms with Crippen LogP contribution in [0.2, 0.25) is 0 Å². The summed E-state index contributed by atoms with van der Waals surface area (Å²) in [5, 5.41) is 3.10. The summed E-state index contributed by atoms with van der Waals surface area (Å²) in [4.78, 5) is 15.2. The highest BCUT2D eigenvalue weighted by molar-refractivity contribution is 5.79. The molecule has 1 aliphatic heterocycles. The average molecular weight is 380 g/mol. The first-order valence-corrected chi connectivity index (χ1v) is 10.5. The fourth-order valence-electron chi connectivity index (χ4n) is 3.97. The lowest BCUT2D eigenvalue weighted by molar-refractivity contribution is -0.125. The number of nitrogens with zero attached hydrogens (tertiary/aromatic N) is 1. The molecule has 0 spiro atoms. The monoisotopic (exact) mass is 379 g/mol. The molecule has 0 radical (unpaired) electrons. The van der Waals surface area contributed by atoms with Gasteiger partial charge in [0.05, 0.1) is 5.92 Å². The molecule has 3 N–H and O–H groups in total. The molecule has 1 heterocycles. The molecule has 0 bridgehead atoms. The van der Waals surface area contributed by atoms with Crippen molar-refractivity contribution in [1.82, 2.24) is 10.2 Å². The summed E-state index contributed by atoms with van der Waals surface area (Å²) in [6, 6.07) is 18.6. The van der Waals surface area contributed by atoms with Crippen molar-refractivity contribution in [3.63, 3.8) is 0 Å². The molecule has 1 fully saturated rings. The van der Waals surface area contributed by atoms with Crippen molar-refractivity contribution in [3.8, 4) is 0 Å². The standard InChI is InChI=1S/C24H33N3O/c1-18-10-8-9-15-27(18)17-22-14-7-6-13-21(22)16-26-24(28)19(2)23(25)20-11-4-3-5-12-20/h3-7,11-14,18-19,23H,8-10,15-17,25H2,1-2H3,(H,26,28). The zero-order valence-electron chi connectivity index (χ0n) is 17.1. The van der Waals surface area contributed by atoms with Crippen molar-refractivity contribution in [1.29, 1.82) is 0 Å². The molecule has 1 amide bonds. The third-order valence-electron chi connectivity index (χ3n) is 6.02. The number of likely N-dealkylation sites (tertiary alicyclic amines) is 1. The number of piperidine rings is 1. The second kappa shape index (κ2) is 9.85. The van der Waals surface area contributed by atoms with E-state index < -0.39 is 0 Å².